The summed E-state index contributed by atoms with van der Waals surface area (Å²) in [5, 5.41) is 9.92. The molecule has 3 aromatic rings. The molecule has 3 heterocycles. The van der Waals surface area contributed by atoms with Crippen molar-refractivity contribution in [3.05, 3.63) is 72.1 Å². The Morgan fingerprint density at radius 2 is 1.77 bits per heavy atom. The number of rotatable bonds is 4. The van der Waals surface area contributed by atoms with Crippen LogP contribution in [0.4, 0.5) is 0 Å². The minimum atomic E-state index is -3.23. The summed E-state index contributed by atoms with van der Waals surface area (Å²) in [7, 11) is -3.23. The second-order valence-corrected chi connectivity index (χ2v) is 10.9. The monoisotopic (exact) mass is 494 g/mol. The molecule has 2 aliphatic heterocycles. The molecule has 9 heteroatoms. The summed E-state index contributed by atoms with van der Waals surface area (Å²) in [6.45, 7) is 1.49. The van der Waals surface area contributed by atoms with Gasteiger partial charge in [0.1, 0.15) is 11.5 Å². The van der Waals surface area contributed by atoms with E-state index in [0.717, 1.165) is 35.3 Å². The summed E-state index contributed by atoms with van der Waals surface area (Å²) in [6.07, 6.45) is 3.76. The molecular weight excluding hydrogens is 468 g/mol. The maximum Gasteiger partial charge on any atom is 0.276 e. The van der Waals surface area contributed by atoms with Crippen molar-refractivity contribution in [2.24, 2.45) is 5.92 Å². The number of hydrogen-bond acceptors (Lipinski definition) is 7. The number of hydrogen-bond donors (Lipinski definition) is 1. The Morgan fingerprint density at radius 3 is 2.46 bits per heavy atom. The highest BCUT2D eigenvalue weighted by molar-refractivity contribution is 7.90. The van der Waals surface area contributed by atoms with Crippen LogP contribution < -0.4 is 4.74 Å². The molecule has 0 bridgehead atoms. The number of nitrogens with zero attached hydrogens (tertiary/aromatic N) is 2. The zero-order valence-electron chi connectivity index (χ0n) is 19.3. The fourth-order valence-electron chi connectivity index (χ4n) is 4.53. The largest absolute Gasteiger partial charge is 0.505 e. The van der Waals surface area contributed by atoms with Gasteiger partial charge < -0.3 is 19.5 Å². The number of likely N-dealkylation sites (tertiary alicyclic amines) is 1. The van der Waals surface area contributed by atoms with Crippen LogP contribution in [0.5, 0.6) is 11.5 Å². The summed E-state index contributed by atoms with van der Waals surface area (Å²) in [5.74, 6) is 0.540. The van der Waals surface area contributed by atoms with E-state index in [2.05, 4.69) is 4.98 Å². The molecule has 0 radical (unpaired) electrons. The van der Waals surface area contributed by atoms with Gasteiger partial charge in [0, 0.05) is 37.0 Å². The first-order valence-electron chi connectivity index (χ1n) is 11.4. The summed E-state index contributed by atoms with van der Waals surface area (Å²) >= 11 is 0. The van der Waals surface area contributed by atoms with E-state index in [1.165, 1.54) is 18.5 Å². The molecule has 5 rings (SSSR count). The quantitative estimate of drug-likeness (QED) is 0.590. The zero-order chi connectivity index (χ0) is 24.6. The lowest BCUT2D eigenvalue weighted by atomic mass is 9.95. The van der Waals surface area contributed by atoms with Crippen molar-refractivity contribution in [1.29, 1.82) is 0 Å². The van der Waals surface area contributed by atoms with E-state index in [9.17, 15) is 18.3 Å². The highest BCUT2D eigenvalue weighted by Gasteiger charge is 2.34. The van der Waals surface area contributed by atoms with Crippen molar-refractivity contribution in [3.63, 3.8) is 0 Å². The highest BCUT2D eigenvalue weighted by atomic mass is 32.2. The van der Waals surface area contributed by atoms with Crippen molar-refractivity contribution >= 4 is 15.7 Å². The molecule has 2 aliphatic rings. The lowest BCUT2D eigenvalue weighted by Crippen LogP contribution is -2.44. The zero-order valence-corrected chi connectivity index (χ0v) is 20.1. The fraction of sp³-hybridized carbons (Fsp3) is 0.308. The van der Waals surface area contributed by atoms with Crippen molar-refractivity contribution in [1.82, 2.24) is 9.88 Å². The third kappa shape index (κ3) is 4.87. The van der Waals surface area contributed by atoms with Crippen LogP contribution in [0.15, 0.2) is 65.7 Å². The topological polar surface area (TPSA) is 106 Å². The van der Waals surface area contributed by atoms with Gasteiger partial charge in [-0.3, -0.25) is 4.79 Å². The standard InChI is InChI=1S/C26H26N2O6S/c1-35(31,32)21-7-4-17(5-8-21)19-6-9-23-20(15-19)16-33-26(34-23)18-10-13-28(14-11-18)25(30)24-22(29)3-2-12-27-24/h2-9,12,15,18,26,29H,10-11,13-14,16H2,1H3. The van der Waals surface area contributed by atoms with Gasteiger partial charge in [0.2, 0.25) is 6.29 Å². The summed E-state index contributed by atoms with van der Waals surface area (Å²) in [6, 6.07) is 15.7. The third-order valence-electron chi connectivity index (χ3n) is 6.52. The first-order chi connectivity index (χ1) is 16.8. The fourth-order valence-corrected chi connectivity index (χ4v) is 5.16. The highest BCUT2D eigenvalue weighted by Crippen LogP contribution is 2.35. The maximum atomic E-state index is 12.7. The van der Waals surface area contributed by atoms with Crippen LogP contribution in [0.3, 0.4) is 0 Å². The molecule has 2 aromatic carbocycles. The van der Waals surface area contributed by atoms with Crippen molar-refractivity contribution in [3.8, 4) is 22.6 Å². The number of benzene rings is 2. The molecule has 1 N–H and O–H groups in total. The summed E-state index contributed by atoms with van der Waals surface area (Å²) in [5.41, 5.74) is 2.88. The van der Waals surface area contributed by atoms with Crippen LogP contribution in [0, 0.1) is 5.92 Å². The van der Waals surface area contributed by atoms with Gasteiger partial charge in [-0.05, 0) is 60.4 Å². The number of aromatic nitrogens is 1. The van der Waals surface area contributed by atoms with Crippen LogP contribution in [0.2, 0.25) is 0 Å². The van der Waals surface area contributed by atoms with Crippen LogP contribution in [0.25, 0.3) is 11.1 Å². The Hall–Kier alpha value is -3.43. The van der Waals surface area contributed by atoms with Gasteiger partial charge in [-0.25, -0.2) is 13.4 Å². The van der Waals surface area contributed by atoms with Gasteiger partial charge in [-0.15, -0.1) is 0 Å². The molecule has 1 saturated heterocycles. The number of carbonyl (C=O) groups excluding carboxylic acids is 1. The van der Waals surface area contributed by atoms with Gasteiger partial charge in [-0.1, -0.05) is 18.2 Å². The smallest absolute Gasteiger partial charge is 0.276 e. The van der Waals surface area contributed by atoms with E-state index in [4.69, 9.17) is 9.47 Å². The predicted molar refractivity (Wildman–Crippen MR) is 129 cm³/mol. The number of fused-ring (bicyclic) bond motifs is 1. The second-order valence-electron chi connectivity index (χ2n) is 8.92. The molecule has 1 unspecified atom stereocenters. The molecule has 182 valence electrons. The van der Waals surface area contributed by atoms with Gasteiger partial charge >= 0.3 is 0 Å². The molecule has 1 amide bonds. The van der Waals surface area contributed by atoms with Crippen LogP contribution >= 0.6 is 0 Å². The Bertz CT molecular complexity index is 1350. The van der Waals surface area contributed by atoms with Gasteiger partial charge in [0.15, 0.2) is 15.5 Å². The minimum absolute atomic E-state index is 0.0757. The van der Waals surface area contributed by atoms with Crippen molar-refractivity contribution < 1.29 is 27.8 Å². The van der Waals surface area contributed by atoms with E-state index in [-0.39, 0.29) is 29.6 Å². The van der Waals surface area contributed by atoms with E-state index < -0.39 is 9.84 Å². The molecule has 8 nitrogen and oxygen atoms in total. The van der Waals surface area contributed by atoms with Crippen LogP contribution in [-0.2, 0) is 21.2 Å². The van der Waals surface area contributed by atoms with E-state index >= 15 is 0 Å². The summed E-state index contributed by atoms with van der Waals surface area (Å²) in [4.78, 5) is 18.7. The number of aromatic hydroxyl groups is 1. The van der Waals surface area contributed by atoms with Gasteiger partial charge in [0.25, 0.3) is 5.91 Å². The minimum Gasteiger partial charge on any atom is -0.505 e. The van der Waals surface area contributed by atoms with Gasteiger partial charge in [0.05, 0.1) is 11.5 Å². The number of piperidine rings is 1. The first kappa shape index (κ1) is 23.3. The maximum absolute atomic E-state index is 12.7. The van der Waals surface area contributed by atoms with Crippen molar-refractivity contribution in [2.75, 3.05) is 19.3 Å². The molecule has 1 atom stereocenters. The molecule has 0 saturated carbocycles. The molecule has 0 aliphatic carbocycles. The Kier molecular flexibility index (Phi) is 6.21. The lowest BCUT2D eigenvalue weighted by Gasteiger charge is -2.37. The molecular formula is C26H26N2O6S. The Labute approximate surface area is 204 Å². The van der Waals surface area contributed by atoms with E-state index in [1.54, 1.807) is 35.2 Å². The third-order valence-corrected chi connectivity index (χ3v) is 7.65. The first-order valence-corrected chi connectivity index (χ1v) is 13.3. The number of amides is 1. The second kappa shape index (κ2) is 9.31. The average Bonchev–Trinajstić information content (AvgIpc) is 2.88. The van der Waals surface area contributed by atoms with Gasteiger partial charge in [-0.2, -0.15) is 0 Å². The number of pyridine rings is 1. The SMILES string of the molecule is CS(=O)(=O)c1ccc(-c2ccc3c(c2)COC(C2CCN(C(=O)c4ncccc4O)CC2)O3)cc1. The summed E-state index contributed by atoms with van der Waals surface area (Å²) < 4.78 is 35.6. The van der Waals surface area contributed by atoms with E-state index in [0.29, 0.717) is 24.6 Å². The van der Waals surface area contributed by atoms with E-state index in [1.807, 2.05) is 18.2 Å². The molecule has 1 aromatic heterocycles. The molecule has 0 spiro atoms. The Balaban J connectivity index is 1.22. The number of ether oxygens (including phenoxy) is 2. The predicted octanol–water partition coefficient (Wildman–Crippen LogP) is 3.65. The normalized spacial score (nSPS) is 18.5. The average molecular weight is 495 g/mol. The number of carbonyl (C=O) groups is 1. The van der Waals surface area contributed by atoms with Crippen LogP contribution in [0.1, 0.15) is 28.9 Å². The molecule has 35 heavy (non-hydrogen) atoms. The van der Waals surface area contributed by atoms with Crippen molar-refractivity contribution in [2.45, 2.75) is 30.6 Å². The number of sulfone groups is 1. The Morgan fingerprint density at radius 1 is 1.06 bits per heavy atom. The van der Waals surface area contributed by atoms with Crippen LogP contribution in [-0.4, -0.2) is 55.0 Å². The molecule has 1 fully saturated rings. The lowest BCUT2D eigenvalue weighted by molar-refractivity contribution is -0.148.